The van der Waals surface area contributed by atoms with Gasteiger partial charge in [0.05, 0.1) is 23.0 Å². The molecule has 0 bridgehead atoms. The molecule has 1 aliphatic rings. The second-order valence-corrected chi connectivity index (χ2v) is 7.08. The van der Waals surface area contributed by atoms with Gasteiger partial charge in [-0.3, -0.25) is 15.1 Å². The highest BCUT2D eigenvalue weighted by atomic mass is 19.1. The van der Waals surface area contributed by atoms with Crippen molar-refractivity contribution < 1.29 is 9.13 Å². The van der Waals surface area contributed by atoms with Gasteiger partial charge in [-0.2, -0.15) is 5.10 Å². The number of hydrogen-bond donors (Lipinski definition) is 2. The summed E-state index contributed by atoms with van der Waals surface area (Å²) >= 11 is 0. The summed E-state index contributed by atoms with van der Waals surface area (Å²) < 4.78 is 20.0. The molecule has 2 N–H and O–H groups in total. The summed E-state index contributed by atoms with van der Waals surface area (Å²) in [4.78, 5) is 8.72. The van der Waals surface area contributed by atoms with E-state index in [-0.39, 0.29) is 5.82 Å². The minimum absolute atomic E-state index is 0.305. The van der Waals surface area contributed by atoms with Crippen LogP contribution in [0, 0.1) is 23.8 Å². The van der Waals surface area contributed by atoms with Gasteiger partial charge in [-0.1, -0.05) is 18.1 Å². The Morgan fingerprint density at radius 1 is 1.13 bits per heavy atom. The van der Waals surface area contributed by atoms with Crippen LogP contribution in [0.3, 0.4) is 0 Å². The van der Waals surface area contributed by atoms with Crippen LogP contribution in [0.5, 0.6) is 5.75 Å². The van der Waals surface area contributed by atoms with Crippen LogP contribution < -0.4 is 10.1 Å². The normalized spacial score (nSPS) is 15.7. The molecule has 7 heteroatoms. The maximum absolute atomic E-state index is 14.3. The maximum atomic E-state index is 14.3. The zero-order chi connectivity index (χ0) is 20.3. The molecule has 1 saturated heterocycles. The smallest absolute Gasteiger partial charge is 0.152 e. The standard InChI is InChI=1S/C23H18FN5O/c24-19-4-2-1-3-16(19)23-17-11-20(27-14-21(17)28-29-23)18-13-26-9-6-22(18)30-10-7-15-5-8-25-12-15/h1-4,6,9,11,13-15,25H,5,8,12H2,(H,28,29). The number of nitrogens with zero attached hydrogens (tertiary/aromatic N) is 3. The lowest BCUT2D eigenvalue weighted by Crippen LogP contribution is -2.07. The lowest BCUT2D eigenvalue weighted by atomic mass is 10.1. The Balaban J connectivity index is 1.52. The highest BCUT2D eigenvalue weighted by Crippen LogP contribution is 2.33. The SMILES string of the molecule is Fc1ccccc1-c1n[nH]c2cnc(-c3cnccc3OC#CC3CCNC3)cc12. The summed E-state index contributed by atoms with van der Waals surface area (Å²) in [6, 6.07) is 10.2. The molecule has 6 nitrogen and oxygen atoms in total. The Kier molecular flexibility index (Phi) is 4.83. The molecule has 0 saturated carbocycles. The first-order valence-corrected chi connectivity index (χ1v) is 9.71. The van der Waals surface area contributed by atoms with Gasteiger partial charge in [-0.15, -0.1) is 0 Å². The molecule has 1 atom stereocenters. The number of benzene rings is 1. The second-order valence-electron chi connectivity index (χ2n) is 7.08. The first-order chi connectivity index (χ1) is 14.8. The quantitative estimate of drug-likeness (QED) is 0.513. The Morgan fingerprint density at radius 3 is 2.93 bits per heavy atom. The summed E-state index contributed by atoms with van der Waals surface area (Å²) in [7, 11) is 0. The van der Waals surface area contributed by atoms with E-state index >= 15 is 0 Å². The van der Waals surface area contributed by atoms with Crippen LogP contribution in [0.1, 0.15) is 6.42 Å². The highest BCUT2D eigenvalue weighted by molar-refractivity contribution is 5.94. The number of aromatic amines is 1. The van der Waals surface area contributed by atoms with E-state index in [1.807, 2.05) is 6.07 Å². The van der Waals surface area contributed by atoms with E-state index in [9.17, 15) is 4.39 Å². The molecule has 0 amide bonds. The predicted octanol–water partition coefficient (Wildman–Crippen LogP) is 3.78. The van der Waals surface area contributed by atoms with Gasteiger partial charge in [0.25, 0.3) is 0 Å². The van der Waals surface area contributed by atoms with Crippen molar-refractivity contribution in [1.82, 2.24) is 25.5 Å². The topological polar surface area (TPSA) is 75.7 Å². The van der Waals surface area contributed by atoms with Crippen molar-refractivity contribution in [2.75, 3.05) is 13.1 Å². The summed E-state index contributed by atoms with van der Waals surface area (Å²) in [5, 5.41) is 11.3. The van der Waals surface area contributed by atoms with Gasteiger partial charge in [0.2, 0.25) is 0 Å². The summed E-state index contributed by atoms with van der Waals surface area (Å²) in [5.41, 5.74) is 3.04. The van der Waals surface area contributed by atoms with Gasteiger partial charge < -0.3 is 10.1 Å². The second kappa shape index (κ2) is 7.93. The number of pyridine rings is 2. The molecule has 148 valence electrons. The number of nitrogens with one attached hydrogen (secondary N) is 2. The minimum atomic E-state index is -0.327. The maximum Gasteiger partial charge on any atom is 0.152 e. The number of aromatic nitrogens is 4. The molecule has 4 heterocycles. The van der Waals surface area contributed by atoms with Gasteiger partial charge in [0.15, 0.2) is 5.75 Å². The summed E-state index contributed by atoms with van der Waals surface area (Å²) in [6.45, 7) is 1.87. The zero-order valence-corrected chi connectivity index (χ0v) is 16.0. The first-order valence-electron chi connectivity index (χ1n) is 9.71. The molecular weight excluding hydrogens is 381 g/mol. The fourth-order valence-electron chi connectivity index (χ4n) is 3.53. The number of H-pyrrole nitrogens is 1. The molecular formula is C23H18FN5O. The number of fused-ring (bicyclic) bond motifs is 1. The minimum Gasteiger partial charge on any atom is -0.407 e. The van der Waals surface area contributed by atoms with Crippen molar-refractivity contribution >= 4 is 10.9 Å². The average molecular weight is 399 g/mol. The number of rotatable bonds is 3. The lowest BCUT2D eigenvalue weighted by molar-refractivity contribution is 0.517. The van der Waals surface area contributed by atoms with Crippen LogP contribution in [-0.2, 0) is 0 Å². The van der Waals surface area contributed by atoms with Crippen molar-refractivity contribution in [3.8, 4) is 40.3 Å². The molecule has 0 spiro atoms. The van der Waals surface area contributed by atoms with E-state index in [4.69, 9.17) is 4.74 Å². The van der Waals surface area contributed by atoms with Crippen LogP contribution in [0.25, 0.3) is 33.4 Å². The Labute approximate surface area is 172 Å². The number of hydrogen-bond acceptors (Lipinski definition) is 5. The highest BCUT2D eigenvalue weighted by Gasteiger charge is 2.16. The van der Waals surface area contributed by atoms with Crippen LogP contribution in [0.4, 0.5) is 4.39 Å². The Morgan fingerprint density at radius 2 is 2.07 bits per heavy atom. The molecule has 30 heavy (non-hydrogen) atoms. The van der Waals surface area contributed by atoms with E-state index in [0.29, 0.717) is 34.2 Å². The van der Waals surface area contributed by atoms with Crippen molar-refractivity contribution in [1.29, 1.82) is 0 Å². The fourth-order valence-corrected chi connectivity index (χ4v) is 3.53. The van der Waals surface area contributed by atoms with E-state index in [1.54, 1.807) is 42.9 Å². The lowest BCUT2D eigenvalue weighted by Gasteiger charge is -2.06. The van der Waals surface area contributed by atoms with Gasteiger partial charge in [0, 0.05) is 41.9 Å². The molecule has 1 aliphatic heterocycles. The largest absolute Gasteiger partial charge is 0.407 e. The molecule has 5 rings (SSSR count). The van der Waals surface area contributed by atoms with Crippen molar-refractivity contribution in [2.45, 2.75) is 6.42 Å². The van der Waals surface area contributed by atoms with Crippen LogP contribution >= 0.6 is 0 Å². The monoisotopic (exact) mass is 399 g/mol. The first kappa shape index (κ1) is 18.3. The van der Waals surface area contributed by atoms with E-state index in [2.05, 4.69) is 37.5 Å². The van der Waals surface area contributed by atoms with Gasteiger partial charge >= 0.3 is 0 Å². The molecule has 0 radical (unpaired) electrons. The zero-order valence-electron chi connectivity index (χ0n) is 16.0. The molecule has 1 unspecified atom stereocenters. The Bertz CT molecular complexity index is 1270. The third-order valence-corrected chi connectivity index (χ3v) is 5.12. The van der Waals surface area contributed by atoms with Crippen LogP contribution in [0.15, 0.2) is 55.0 Å². The van der Waals surface area contributed by atoms with Crippen LogP contribution in [-0.4, -0.2) is 33.3 Å². The van der Waals surface area contributed by atoms with Crippen molar-refractivity contribution in [3.05, 3.63) is 60.8 Å². The molecule has 4 aromatic rings. The Hall–Kier alpha value is -3.76. The van der Waals surface area contributed by atoms with E-state index < -0.39 is 0 Å². The van der Waals surface area contributed by atoms with Gasteiger partial charge in [0.1, 0.15) is 17.6 Å². The third kappa shape index (κ3) is 3.49. The van der Waals surface area contributed by atoms with Gasteiger partial charge in [-0.05, 0) is 31.2 Å². The number of halogens is 1. The fraction of sp³-hybridized carbons (Fsp3) is 0.174. The summed E-state index contributed by atoms with van der Waals surface area (Å²) in [6.07, 6.45) is 8.85. The molecule has 1 aromatic carbocycles. The summed E-state index contributed by atoms with van der Waals surface area (Å²) in [5.74, 6) is 3.69. The average Bonchev–Trinajstić information content (AvgIpc) is 3.44. The predicted molar refractivity (Wildman–Crippen MR) is 112 cm³/mol. The molecule has 1 fully saturated rings. The van der Waals surface area contributed by atoms with Crippen molar-refractivity contribution in [3.63, 3.8) is 0 Å². The van der Waals surface area contributed by atoms with E-state index in [0.717, 1.165) is 30.4 Å². The third-order valence-electron chi connectivity index (χ3n) is 5.12. The molecule has 0 aliphatic carbocycles. The number of ether oxygens (including phenoxy) is 1. The van der Waals surface area contributed by atoms with Gasteiger partial charge in [-0.25, -0.2) is 4.39 Å². The molecule has 3 aromatic heterocycles. The van der Waals surface area contributed by atoms with E-state index in [1.165, 1.54) is 6.07 Å². The van der Waals surface area contributed by atoms with Crippen LogP contribution in [0.2, 0.25) is 0 Å². The van der Waals surface area contributed by atoms with Crippen molar-refractivity contribution in [2.24, 2.45) is 5.92 Å².